The van der Waals surface area contributed by atoms with Crippen LogP contribution in [0, 0.1) is 0 Å². The van der Waals surface area contributed by atoms with Gasteiger partial charge in [0.05, 0.1) is 19.2 Å². The Labute approximate surface area is 109 Å². The van der Waals surface area contributed by atoms with Crippen molar-refractivity contribution >= 4 is 34.9 Å². The van der Waals surface area contributed by atoms with Crippen LogP contribution in [-0.2, 0) is 9.63 Å². The van der Waals surface area contributed by atoms with E-state index in [2.05, 4.69) is 5.48 Å². The standard InChI is InChI=1S/C11H11Cl2NO3/c1-17-14-10(2-3-11(15)16)7-4-8(12)6-9(13)5-7/h2,4-6,14H,3H2,1H3,(H,15,16)/b10-2-. The van der Waals surface area contributed by atoms with Crippen LogP contribution in [0.5, 0.6) is 0 Å². The molecule has 92 valence electrons. The van der Waals surface area contributed by atoms with Gasteiger partial charge in [-0.15, -0.1) is 0 Å². The van der Waals surface area contributed by atoms with Crippen molar-refractivity contribution in [2.75, 3.05) is 7.11 Å². The fourth-order valence-corrected chi connectivity index (χ4v) is 1.75. The van der Waals surface area contributed by atoms with Gasteiger partial charge in [0.25, 0.3) is 0 Å². The zero-order chi connectivity index (χ0) is 12.8. The average molecular weight is 276 g/mol. The van der Waals surface area contributed by atoms with E-state index in [-0.39, 0.29) is 6.42 Å². The molecule has 0 aliphatic rings. The van der Waals surface area contributed by atoms with Crippen molar-refractivity contribution in [2.24, 2.45) is 0 Å². The second kappa shape index (κ2) is 6.49. The zero-order valence-corrected chi connectivity index (χ0v) is 10.5. The van der Waals surface area contributed by atoms with Gasteiger partial charge >= 0.3 is 5.97 Å². The Balaban J connectivity index is 3.04. The van der Waals surface area contributed by atoms with Crippen LogP contribution in [0.15, 0.2) is 24.3 Å². The number of carbonyl (C=O) groups is 1. The Kier molecular flexibility index (Phi) is 5.28. The van der Waals surface area contributed by atoms with Gasteiger partial charge in [-0.05, 0) is 24.3 Å². The summed E-state index contributed by atoms with van der Waals surface area (Å²) < 4.78 is 0. The molecule has 6 heteroatoms. The third-order valence-corrected chi connectivity index (χ3v) is 2.30. The Hall–Kier alpha value is -1.23. The van der Waals surface area contributed by atoms with Crippen LogP contribution >= 0.6 is 23.2 Å². The van der Waals surface area contributed by atoms with Crippen LogP contribution < -0.4 is 5.48 Å². The Bertz CT molecular complexity index is 426. The van der Waals surface area contributed by atoms with E-state index >= 15 is 0 Å². The highest BCUT2D eigenvalue weighted by Crippen LogP contribution is 2.23. The first kappa shape index (κ1) is 13.8. The Morgan fingerprint density at radius 3 is 2.47 bits per heavy atom. The summed E-state index contributed by atoms with van der Waals surface area (Å²) in [6.07, 6.45) is 1.35. The summed E-state index contributed by atoms with van der Waals surface area (Å²) in [5.41, 5.74) is 3.75. The monoisotopic (exact) mass is 275 g/mol. The molecule has 0 spiro atoms. The van der Waals surface area contributed by atoms with Crippen LogP contribution in [0.3, 0.4) is 0 Å². The lowest BCUT2D eigenvalue weighted by atomic mass is 10.1. The highest BCUT2D eigenvalue weighted by Gasteiger charge is 2.05. The summed E-state index contributed by atoms with van der Waals surface area (Å²) in [6.45, 7) is 0. The van der Waals surface area contributed by atoms with Crippen molar-refractivity contribution in [2.45, 2.75) is 6.42 Å². The van der Waals surface area contributed by atoms with E-state index in [4.69, 9.17) is 33.1 Å². The molecule has 0 fully saturated rings. The van der Waals surface area contributed by atoms with Gasteiger partial charge in [0.2, 0.25) is 0 Å². The molecule has 0 radical (unpaired) electrons. The number of halogens is 2. The highest BCUT2D eigenvalue weighted by molar-refractivity contribution is 6.34. The molecular weight excluding hydrogens is 265 g/mol. The van der Waals surface area contributed by atoms with Crippen molar-refractivity contribution < 1.29 is 14.7 Å². The predicted octanol–water partition coefficient (Wildman–Crippen LogP) is 2.96. The molecule has 0 saturated carbocycles. The minimum atomic E-state index is -0.937. The second-order valence-electron chi connectivity index (χ2n) is 3.18. The maximum atomic E-state index is 10.5. The van der Waals surface area contributed by atoms with Gasteiger partial charge < -0.3 is 5.11 Å². The number of hydroxylamine groups is 1. The number of aliphatic carboxylic acids is 1. The number of carboxylic acids is 1. The van der Waals surface area contributed by atoms with Gasteiger partial charge in [0, 0.05) is 15.6 Å². The van der Waals surface area contributed by atoms with Crippen molar-refractivity contribution in [1.82, 2.24) is 5.48 Å². The van der Waals surface area contributed by atoms with Crippen LogP contribution in [0.25, 0.3) is 5.70 Å². The molecule has 0 aliphatic heterocycles. The summed E-state index contributed by atoms with van der Waals surface area (Å²) >= 11 is 11.7. The maximum Gasteiger partial charge on any atom is 0.307 e. The minimum absolute atomic E-state index is 0.129. The number of hydrogen-bond donors (Lipinski definition) is 2. The fourth-order valence-electron chi connectivity index (χ4n) is 1.23. The molecule has 1 aromatic rings. The predicted molar refractivity (Wildman–Crippen MR) is 66.8 cm³/mol. The molecular formula is C11H11Cl2NO3. The van der Waals surface area contributed by atoms with E-state index < -0.39 is 5.97 Å². The zero-order valence-electron chi connectivity index (χ0n) is 9.04. The quantitative estimate of drug-likeness (QED) is 0.812. The van der Waals surface area contributed by atoms with Crippen molar-refractivity contribution in [3.05, 3.63) is 39.9 Å². The fraction of sp³-hybridized carbons (Fsp3) is 0.182. The Morgan fingerprint density at radius 2 is 2.00 bits per heavy atom. The summed E-state index contributed by atoms with van der Waals surface area (Å²) in [5.74, 6) is -0.937. The third-order valence-electron chi connectivity index (χ3n) is 1.87. The number of benzene rings is 1. The second-order valence-corrected chi connectivity index (χ2v) is 4.05. The SMILES string of the molecule is CON/C(=C\CC(=O)O)c1cc(Cl)cc(Cl)c1. The lowest BCUT2D eigenvalue weighted by molar-refractivity contribution is -0.136. The van der Waals surface area contributed by atoms with Gasteiger partial charge in [0.15, 0.2) is 0 Å². The number of rotatable bonds is 5. The first-order valence-corrected chi connectivity index (χ1v) is 5.46. The molecule has 0 heterocycles. The third kappa shape index (κ3) is 4.65. The van der Waals surface area contributed by atoms with E-state index in [1.807, 2.05) is 0 Å². The van der Waals surface area contributed by atoms with Crippen molar-refractivity contribution in [1.29, 1.82) is 0 Å². The molecule has 0 amide bonds. The molecule has 2 N–H and O–H groups in total. The molecule has 17 heavy (non-hydrogen) atoms. The highest BCUT2D eigenvalue weighted by atomic mass is 35.5. The molecule has 0 saturated heterocycles. The molecule has 4 nitrogen and oxygen atoms in total. The van der Waals surface area contributed by atoms with Crippen molar-refractivity contribution in [3.8, 4) is 0 Å². The smallest absolute Gasteiger partial charge is 0.307 e. The topological polar surface area (TPSA) is 58.6 Å². The lowest BCUT2D eigenvalue weighted by Crippen LogP contribution is -2.10. The molecule has 1 aromatic carbocycles. The minimum Gasteiger partial charge on any atom is -0.481 e. The van der Waals surface area contributed by atoms with Crippen molar-refractivity contribution in [3.63, 3.8) is 0 Å². The van der Waals surface area contributed by atoms with Gasteiger partial charge in [0.1, 0.15) is 0 Å². The lowest BCUT2D eigenvalue weighted by Gasteiger charge is -2.09. The summed E-state index contributed by atoms with van der Waals surface area (Å²) in [6, 6.07) is 4.91. The van der Waals surface area contributed by atoms with E-state index in [0.29, 0.717) is 21.3 Å². The molecule has 0 unspecified atom stereocenters. The van der Waals surface area contributed by atoms with Crippen LogP contribution in [-0.4, -0.2) is 18.2 Å². The first-order chi connectivity index (χ1) is 8.02. The first-order valence-electron chi connectivity index (χ1n) is 4.70. The summed E-state index contributed by atoms with van der Waals surface area (Å²) in [5, 5.41) is 9.55. The molecule has 0 atom stereocenters. The van der Waals surface area contributed by atoms with E-state index in [9.17, 15) is 4.79 Å². The van der Waals surface area contributed by atoms with Crippen LogP contribution in [0.4, 0.5) is 0 Å². The Morgan fingerprint density at radius 1 is 1.41 bits per heavy atom. The average Bonchev–Trinajstić information content (AvgIpc) is 2.22. The number of nitrogens with one attached hydrogen (secondary N) is 1. The van der Waals surface area contributed by atoms with Gasteiger partial charge in [-0.25, -0.2) is 0 Å². The maximum absolute atomic E-state index is 10.5. The largest absolute Gasteiger partial charge is 0.481 e. The van der Waals surface area contributed by atoms with E-state index in [1.165, 1.54) is 13.2 Å². The molecule has 0 aliphatic carbocycles. The van der Waals surface area contributed by atoms with Crippen LogP contribution in [0.2, 0.25) is 10.0 Å². The summed E-state index contributed by atoms with van der Waals surface area (Å²) in [4.78, 5) is 15.3. The molecule has 0 aromatic heterocycles. The van der Waals surface area contributed by atoms with Crippen LogP contribution in [0.1, 0.15) is 12.0 Å². The summed E-state index contributed by atoms with van der Waals surface area (Å²) in [7, 11) is 1.43. The van der Waals surface area contributed by atoms with E-state index in [0.717, 1.165) is 0 Å². The van der Waals surface area contributed by atoms with E-state index in [1.54, 1.807) is 18.2 Å². The molecule has 1 rings (SSSR count). The van der Waals surface area contributed by atoms with Gasteiger partial charge in [-0.2, -0.15) is 0 Å². The molecule has 0 bridgehead atoms. The van der Waals surface area contributed by atoms with Gasteiger partial charge in [-0.3, -0.25) is 15.1 Å². The number of hydrogen-bond acceptors (Lipinski definition) is 3. The number of carboxylic acid groups (broad SMARTS) is 1. The van der Waals surface area contributed by atoms with Gasteiger partial charge in [-0.1, -0.05) is 23.2 Å². The normalized spacial score (nSPS) is 11.4.